The van der Waals surface area contributed by atoms with E-state index in [2.05, 4.69) is 22.6 Å². The van der Waals surface area contributed by atoms with Crippen LogP contribution in [0.4, 0.5) is 0 Å². The molecule has 1 aromatic rings. The Bertz CT molecular complexity index is 361. The van der Waals surface area contributed by atoms with Gasteiger partial charge in [-0.2, -0.15) is 11.8 Å². The highest BCUT2D eigenvalue weighted by molar-refractivity contribution is 8.00. The van der Waals surface area contributed by atoms with E-state index in [1.165, 1.54) is 31.2 Å². The number of aromatic nitrogens is 1. The first-order chi connectivity index (χ1) is 8.78. The van der Waals surface area contributed by atoms with Crippen molar-refractivity contribution in [2.24, 2.45) is 0 Å². The maximum atomic E-state index is 5.05. The monoisotopic (exact) mass is 266 g/mol. The second-order valence-electron chi connectivity index (χ2n) is 4.91. The largest absolute Gasteiger partial charge is 0.481 e. The Morgan fingerprint density at radius 1 is 1.39 bits per heavy atom. The van der Waals surface area contributed by atoms with Crippen LogP contribution in [0.15, 0.2) is 18.3 Å². The van der Waals surface area contributed by atoms with Gasteiger partial charge in [0.25, 0.3) is 0 Å². The zero-order valence-electron chi connectivity index (χ0n) is 11.2. The van der Waals surface area contributed by atoms with Crippen LogP contribution in [-0.4, -0.2) is 29.6 Å². The summed E-state index contributed by atoms with van der Waals surface area (Å²) in [5, 5.41) is 3.57. The van der Waals surface area contributed by atoms with E-state index in [1.54, 1.807) is 7.11 Å². The fourth-order valence-electron chi connectivity index (χ4n) is 2.54. The summed E-state index contributed by atoms with van der Waals surface area (Å²) in [5.74, 6) is 0.676. The number of hydrogen-bond donors (Lipinski definition) is 1. The van der Waals surface area contributed by atoms with E-state index >= 15 is 0 Å². The lowest BCUT2D eigenvalue weighted by molar-refractivity contribution is 0.397. The van der Waals surface area contributed by atoms with Gasteiger partial charge in [0.2, 0.25) is 5.88 Å². The average Bonchev–Trinajstić information content (AvgIpc) is 2.89. The third-order valence-electron chi connectivity index (χ3n) is 3.73. The van der Waals surface area contributed by atoms with Crippen molar-refractivity contribution in [3.05, 3.63) is 23.9 Å². The summed E-state index contributed by atoms with van der Waals surface area (Å²) in [6.45, 7) is 1.99. The van der Waals surface area contributed by atoms with E-state index < -0.39 is 0 Å². The van der Waals surface area contributed by atoms with Gasteiger partial charge in [0.05, 0.1) is 7.11 Å². The maximum Gasteiger partial charge on any atom is 0.212 e. The molecule has 0 amide bonds. The van der Waals surface area contributed by atoms with Gasteiger partial charge in [-0.15, -0.1) is 0 Å². The number of ether oxygens (including phenoxy) is 1. The van der Waals surface area contributed by atoms with Crippen molar-refractivity contribution < 1.29 is 4.74 Å². The van der Waals surface area contributed by atoms with Gasteiger partial charge in [-0.05, 0) is 24.7 Å². The molecule has 0 aliphatic heterocycles. The summed E-state index contributed by atoms with van der Waals surface area (Å²) in [5.41, 5.74) is 1.21. The van der Waals surface area contributed by atoms with Gasteiger partial charge in [-0.1, -0.05) is 18.9 Å². The number of methoxy groups -OCH3 is 1. The molecule has 0 bridgehead atoms. The third-order valence-corrected chi connectivity index (χ3v) is 5.15. The molecule has 0 saturated heterocycles. The molecule has 2 rings (SSSR count). The Labute approximate surface area is 114 Å². The molecule has 0 unspecified atom stereocenters. The molecular weight excluding hydrogens is 244 g/mol. The van der Waals surface area contributed by atoms with Crippen molar-refractivity contribution in [3.8, 4) is 5.88 Å². The van der Waals surface area contributed by atoms with Crippen LogP contribution in [0.25, 0.3) is 0 Å². The minimum absolute atomic E-state index is 0.472. The summed E-state index contributed by atoms with van der Waals surface area (Å²) >= 11 is 2.02. The highest BCUT2D eigenvalue weighted by atomic mass is 32.2. The minimum Gasteiger partial charge on any atom is -0.481 e. The van der Waals surface area contributed by atoms with Crippen molar-refractivity contribution in [1.29, 1.82) is 0 Å². The van der Waals surface area contributed by atoms with Crippen LogP contribution in [0.3, 0.4) is 0 Å². The standard InChI is InChI=1S/C14H22N2OS/c1-17-13-6-5-12(10-16-13)9-15-11-14(18-2)7-3-4-8-14/h5-6,10,15H,3-4,7-9,11H2,1-2H3. The van der Waals surface area contributed by atoms with Crippen LogP contribution in [-0.2, 0) is 6.54 Å². The van der Waals surface area contributed by atoms with Gasteiger partial charge in [0.15, 0.2) is 0 Å². The smallest absolute Gasteiger partial charge is 0.212 e. The van der Waals surface area contributed by atoms with Gasteiger partial charge in [-0.3, -0.25) is 0 Å². The Morgan fingerprint density at radius 3 is 2.72 bits per heavy atom. The first kappa shape index (κ1) is 13.7. The van der Waals surface area contributed by atoms with E-state index in [0.717, 1.165) is 13.1 Å². The topological polar surface area (TPSA) is 34.1 Å². The molecule has 3 nitrogen and oxygen atoms in total. The molecule has 100 valence electrons. The normalized spacial score (nSPS) is 17.9. The summed E-state index contributed by atoms with van der Waals surface area (Å²) in [7, 11) is 1.64. The van der Waals surface area contributed by atoms with Gasteiger partial charge in [-0.25, -0.2) is 4.98 Å². The lowest BCUT2D eigenvalue weighted by Gasteiger charge is -2.27. The fraction of sp³-hybridized carbons (Fsp3) is 0.643. The molecule has 0 spiro atoms. The molecule has 4 heteroatoms. The van der Waals surface area contributed by atoms with Crippen LogP contribution in [0.1, 0.15) is 31.2 Å². The van der Waals surface area contributed by atoms with Crippen molar-refractivity contribution in [3.63, 3.8) is 0 Å². The van der Waals surface area contributed by atoms with Crippen LogP contribution in [0.2, 0.25) is 0 Å². The van der Waals surface area contributed by atoms with Gasteiger partial charge in [0, 0.05) is 30.1 Å². The molecule has 18 heavy (non-hydrogen) atoms. The summed E-state index contributed by atoms with van der Waals surface area (Å²) in [6, 6.07) is 3.98. The average molecular weight is 266 g/mol. The lowest BCUT2D eigenvalue weighted by Crippen LogP contribution is -2.34. The predicted octanol–water partition coefficient (Wildman–Crippen LogP) is 2.86. The van der Waals surface area contributed by atoms with Crippen molar-refractivity contribution >= 4 is 11.8 Å². The zero-order valence-corrected chi connectivity index (χ0v) is 12.1. The fourth-order valence-corrected chi connectivity index (χ4v) is 3.49. The molecule has 1 aromatic heterocycles. The maximum absolute atomic E-state index is 5.05. The molecule has 1 aliphatic carbocycles. The third kappa shape index (κ3) is 3.39. The number of rotatable bonds is 6. The van der Waals surface area contributed by atoms with E-state index in [1.807, 2.05) is 24.0 Å². The minimum atomic E-state index is 0.472. The Morgan fingerprint density at radius 2 is 2.17 bits per heavy atom. The number of thioether (sulfide) groups is 1. The van der Waals surface area contributed by atoms with Gasteiger partial charge >= 0.3 is 0 Å². The predicted molar refractivity (Wildman–Crippen MR) is 77.2 cm³/mol. The van der Waals surface area contributed by atoms with E-state index in [0.29, 0.717) is 10.6 Å². The summed E-state index contributed by atoms with van der Waals surface area (Å²) < 4.78 is 5.53. The summed E-state index contributed by atoms with van der Waals surface area (Å²) in [6.07, 6.45) is 9.58. The lowest BCUT2D eigenvalue weighted by atomic mass is 10.1. The van der Waals surface area contributed by atoms with Crippen LogP contribution >= 0.6 is 11.8 Å². The highest BCUT2D eigenvalue weighted by Gasteiger charge is 2.32. The van der Waals surface area contributed by atoms with Crippen molar-refractivity contribution in [1.82, 2.24) is 10.3 Å². The second kappa shape index (κ2) is 6.43. The first-order valence-electron chi connectivity index (χ1n) is 6.53. The van der Waals surface area contributed by atoms with Gasteiger partial charge < -0.3 is 10.1 Å². The first-order valence-corrected chi connectivity index (χ1v) is 7.75. The Hall–Kier alpha value is -0.740. The molecule has 1 fully saturated rings. The molecule has 0 radical (unpaired) electrons. The van der Waals surface area contributed by atoms with Crippen LogP contribution in [0.5, 0.6) is 5.88 Å². The Balaban J connectivity index is 1.80. The molecule has 0 atom stereocenters. The molecule has 1 N–H and O–H groups in total. The van der Waals surface area contributed by atoms with Crippen LogP contribution in [0, 0.1) is 0 Å². The number of hydrogen-bond acceptors (Lipinski definition) is 4. The number of nitrogens with one attached hydrogen (secondary N) is 1. The molecule has 1 saturated carbocycles. The number of pyridine rings is 1. The highest BCUT2D eigenvalue weighted by Crippen LogP contribution is 2.39. The van der Waals surface area contributed by atoms with E-state index in [-0.39, 0.29) is 0 Å². The zero-order chi connectivity index (χ0) is 12.8. The Kier molecular flexibility index (Phi) is 4.89. The van der Waals surface area contributed by atoms with E-state index in [4.69, 9.17) is 4.74 Å². The molecule has 1 heterocycles. The van der Waals surface area contributed by atoms with Crippen molar-refractivity contribution in [2.45, 2.75) is 37.0 Å². The molecule has 1 aliphatic rings. The quantitative estimate of drug-likeness (QED) is 0.858. The second-order valence-corrected chi connectivity index (χ2v) is 6.18. The van der Waals surface area contributed by atoms with Crippen molar-refractivity contribution in [2.75, 3.05) is 19.9 Å². The molecular formula is C14H22N2OS. The summed E-state index contributed by atoms with van der Waals surface area (Å²) in [4.78, 5) is 4.22. The number of nitrogens with zero attached hydrogens (tertiary/aromatic N) is 1. The van der Waals surface area contributed by atoms with Gasteiger partial charge in [0.1, 0.15) is 0 Å². The van der Waals surface area contributed by atoms with E-state index in [9.17, 15) is 0 Å². The molecule has 0 aromatic carbocycles. The van der Waals surface area contributed by atoms with Crippen LogP contribution < -0.4 is 10.1 Å². The SMILES string of the molecule is COc1ccc(CNCC2(SC)CCCC2)cn1.